The monoisotopic (exact) mass is 387 g/mol. The predicted molar refractivity (Wildman–Crippen MR) is 112 cm³/mol. The van der Waals surface area contributed by atoms with Gasteiger partial charge >= 0.3 is 0 Å². The fourth-order valence-electron chi connectivity index (χ4n) is 4.31. The molecule has 1 N–H and O–H groups in total. The van der Waals surface area contributed by atoms with Crippen LogP contribution >= 0.6 is 0 Å². The number of hydrogen-bond donors (Lipinski definition) is 1. The van der Waals surface area contributed by atoms with Crippen molar-refractivity contribution >= 4 is 12.0 Å². The molecule has 2 aliphatic heterocycles. The Bertz CT molecular complexity index is 642. The summed E-state index contributed by atoms with van der Waals surface area (Å²) in [4.78, 5) is 17.3. The van der Waals surface area contributed by atoms with Crippen LogP contribution in [0.3, 0.4) is 0 Å². The van der Waals surface area contributed by atoms with Gasteiger partial charge in [-0.3, -0.25) is 9.69 Å². The maximum atomic E-state index is 12.9. The number of carbonyl (C=O) groups excluding carboxylic acids is 1. The lowest BCUT2D eigenvalue weighted by molar-refractivity contribution is -0.127. The molecule has 1 aromatic carbocycles. The molecule has 5 heteroatoms. The highest BCUT2D eigenvalue weighted by molar-refractivity contribution is 5.78. The summed E-state index contributed by atoms with van der Waals surface area (Å²) in [6.07, 6.45) is 8.61. The molecular weight excluding hydrogens is 353 g/mol. The third kappa shape index (κ3) is 6.14. The van der Waals surface area contributed by atoms with Crippen molar-refractivity contribution in [2.45, 2.75) is 51.6 Å². The lowest BCUT2D eigenvalue weighted by atomic mass is 9.92. The van der Waals surface area contributed by atoms with E-state index in [9.17, 15) is 9.18 Å². The van der Waals surface area contributed by atoms with E-state index in [1.807, 2.05) is 26.0 Å². The van der Waals surface area contributed by atoms with Crippen molar-refractivity contribution < 1.29 is 9.18 Å². The van der Waals surface area contributed by atoms with Crippen molar-refractivity contribution in [3.63, 3.8) is 0 Å². The van der Waals surface area contributed by atoms with Gasteiger partial charge in [0.1, 0.15) is 5.82 Å². The molecule has 0 spiro atoms. The van der Waals surface area contributed by atoms with Gasteiger partial charge in [-0.25, -0.2) is 4.39 Å². The summed E-state index contributed by atoms with van der Waals surface area (Å²) in [6.45, 7) is 9.32. The van der Waals surface area contributed by atoms with Crippen molar-refractivity contribution in [1.29, 1.82) is 0 Å². The molecule has 28 heavy (non-hydrogen) atoms. The predicted octanol–water partition coefficient (Wildman–Crippen LogP) is 3.54. The Morgan fingerprint density at radius 1 is 1.11 bits per heavy atom. The minimum atomic E-state index is -0.191. The first-order valence-corrected chi connectivity index (χ1v) is 10.7. The van der Waals surface area contributed by atoms with E-state index in [2.05, 4.69) is 27.3 Å². The quantitative estimate of drug-likeness (QED) is 0.811. The number of benzene rings is 1. The van der Waals surface area contributed by atoms with Gasteiger partial charge in [0.25, 0.3) is 0 Å². The van der Waals surface area contributed by atoms with Crippen LogP contribution in [-0.4, -0.2) is 60.5 Å². The molecule has 0 atom stereocenters. The maximum Gasteiger partial charge on any atom is 0.223 e. The van der Waals surface area contributed by atoms with E-state index in [1.165, 1.54) is 25.0 Å². The zero-order chi connectivity index (χ0) is 19.9. The van der Waals surface area contributed by atoms with Crippen molar-refractivity contribution in [2.75, 3.05) is 32.7 Å². The third-order valence-corrected chi connectivity index (χ3v) is 5.95. The lowest BCUT2D eigenvalue weighted by Crippen LogP contribution is -2.49. The van der Waals surface area contributed by atoms with E-state index in [0.29, 0.717) is 6.04 Å². The molecule has 0 unspecified atom stereocenters. The maximum absolute atomic E-state index is 12.9. The van der Waals surface area contributed by atoms with Crippen LogP contribution in [0.15, 0.2) is 30.3 Å². The Labute approximate surface area is 168 Å². The molecular formula is C23H34FN3O. The number of rotatable bonds is 6. The van der Waals surface area contributed by atoms with Crippen LogP contribution in [0.2, 0.25) is 0 Å². The van der Waals surface area contributed by atoms with Gasteiger partial charge in [-0.15, -0.1) is 0 Å². The van der Waals surface area contributed by atoms with Gasteiger partial charge in [0.15, 0.2) is 0 Å². The van der Waals surface area contributed by atoms with Crippen molar-refractivity contribution in [1.82, 2.24) is 15.1 Å². The SMILES string of the molecule is CC(C)NC(=O)C1CCN(C2CCN(CC=Cc3ccc(F)cc3)CC2)CC1. The molecule has 2 heterocycles. The average molecular weight is 388 g/mol. The number of nitrogens with one attached hydrogen (secondary N) is 1. The van der Waals surface area contributed by atoms with E-state index in [-0.39, 0.29) is 23.7 Å². The molecule has 2 saturated heterocycles. The first kappa shape index (κ1) is 21.0. The Balaban J connectivity index is 1.36. The minimum Gasteiger partial charge on any atom is -0.354 e. The van der Waals surface area contributed by atoms with Gasteiger partial charge in [-0.1, -0.05) is 24.3 Å². The van der Waals surface area contributed by atoms with E-state index in [0.717, 1.165) is 51.1 Å². The summed E-state index contributed by atoms with van der Waals surface area (Å²) in [5.41, 5.74) is 1.04. The first-order chi connectivity index (χ1) is 13.5. The van der Waals surface area contributed by atoms with E-state index in [4.69, 9.17) is 0 Å². The standard InChI is InChI=1S/C23H34FN3O/c1-18(2)25-23(28)20-9-16-27(17-10-20)22-11-14-26(15-12-22)13-3-4-19-5-7-21(24)8-6-19/h3-8,18,20,22H,9-17H2,1-2H3,(H,25,28). The number of piperidine rings is 2. The number of likely N-dealkylation sites (tertiary alicyclic amines) is 2. The highest BCUT2D eigenvalue weighted by Crippen LogP contribution is 2.24. The molecule has 2 fully saturated rings. The van der Waals surface area contributed by atoms with E-state index >= 15 is 0 Å². The fraction of sp³-hybridized carbons (Fsp3) is 0.609. The zero-order valence-corrected chi connectivity index (χ0v) is 17.2. The molecule has 2 aliphatic rings. The van der Waals surface area contributed by atoms with Gasteiger partial charge in [-0.05, 0) is 83.4 Å². The Morgan fingerprint density at radius 3 is 2.36 bits per heavy atom. The topological polar surface area (TPSA) is 35.6 Å². The van der Waals surface area contributed by atoms with E-state index < -0.39 is 0 Å². The normalized spacial score (nSPS) is 20.9. The van der Waals surface area contributed by atoms with Crippen LogP contribution in [0.25, 0.3) is 6.08 Å². The summed E-state index contributed by atoms with van der Waals surface area (Å²) in [7, 11) is 0. The van der Waals surface area contributed by atoms with Gasteiger partial charge in [0.05, 0.1) is 0 Å². The number of hydrogen-bond acceptors (Lipinski definition) is 3. The molecule has 0 radical (unpaired) electrons. The number of nitrogens with zero attached hydrogens (tertiary/aromatic N) is 2. The lowest BCUT2D eigenvalue weighted by Gasteiger charge is -2.41. The number of carbonyl (C=O) groups is 1. The highest BCUT2D eigenvalue weighted by Gasteiger charge is 2.30. The first-order valence-electron chi connectivity index (χ1n) is 10.7. The van der Waals surface area contributed by atoms with Crippen molar-refractivity contribution in [2.24, 2.45) is 5.92 Å². The fourth-order valence-corrected chi connectivity index (χ4v) is 4.31. The third-order valence-electron chi connectivity index (χ3n) is 5.95. The van der Waals surface area contributed by atoms with Crippen LogP contribution in [0.4, 0.5) is 4.39 Å². The van der Waals surface area contributed by atoms with E-state index in [1.54, 1.807) is 0 Å². The molecule has 4 nitrogen and oxygen atoms in total. The molecule has 154 valence electrons. The summed E-state index contributed by atoms with van der Waals surface area (Å²) in [5, 5.41) is 3.06. The van der Waals surface area contributed by atoms with Crippen LogP contribution in [0, 0.1) is 11.7 Å². The van der Waals surface area contributed by atoms with Crippen molar-refractivity contribution in [3.8, 4) is 0 Å². The summed E-state index contributed by atoms with van der Waals surface area (Å²) in [5.74, 6) is 0.233. The Hall–Kier alpha value is -1.72. The largest absolute Gasteiger partial charge is 0.354 e. The molecule has 1 amide bonds. The molecule has 0 saturated carbocycles. The van der Waals surface area contributed by atoms with Gasteiger partial charge in [-0.2, -0.15) is 0 Å². The van der Waals surface area contributed by atoms with Gasteiger partial charge < -0.3 is 10.2 Å². The zero-order valence-electron chi connectivity index (χ0n) is 17.2. The average Bonchev–Trinajstić information content (AvgIpc) is 2.70. The van der Waals surface area contributed by atoms with Gasteiger partial charge in [0, 0.05) is 24.5 Å². The Morgan fingerprint density at radius 2 is 1.75 bits per heavy atom. The van der Waals surface area contributed by atoms with Crippen LogP contribution in [0.5, 0.6) is 0 Å². The highest BCUT2D eigenvalue weighted by atomic mass is 19.1. The molecule has 1 aromatic rings. The smallest absolute Gasteiger partial charge is 0.223 e. The molecule has 3 rings (SSSR count). The molecule has 0 bridgehead atoms. The van der Waals surface area contributed by atoms with Crippen molar-refractivity contribution in [3.05, 3.63) is 41.7 Å². The van der Waals surface area contributed by atoms with Crippen LogP contribution in [-0.2, 0) is 4.79 Å². The van der Waals surface area contributed by atoms with Crippen LogP contribution < -0.4 is 5.32 Å². The molecule has 0 aromatic heterocycles. The minimum absolute atomic E-state index is 0.190. The number of halogens is 1. The summed E-state index contributed by atoms with van der Waals surface area (Å²) >= 11 is 0. The second kappa shape index (κ2) is 10.2. The number of amides is 1. The van der Waals surface area contributed by atoms with Gasteiger partial charge in [0.2, 0.25) is 5.91 Å². The second-order valence-electron chi connectivity index (χ2n) is 8.46. The summed E-state index contributed by atoms with van der Waals surface area (Å²) < 4.78 is 12.9. The van der Waals surface area contributed by atoms with Crippen LogP contribution in [0.1, 0.15) is 45.1 Å². The second-order valence-corrected chi connectivity index (χ2v) is 8.46. The molecule has 0 aliphatic carbocycles. The Kier molecular flexibility index (Phi) is 7.63. The summed E-state index contributed by atoms with van der Waals surface area (Å²) in [6, 6.07) is 7.51.